The number of carbonyl (C=O) groups excluding carboxylic acids is 2. The number of fused-ring (bicyclic) bond motifs is 1. The molecule has 1 N–H and O–H groups in total. The van der Waals surface area contributed by atoms with Gasteiger partial charge in [0.05, 0.1) is 12.2 Å². The van der Waals surface area contributed by atoms with E-state index in [4.69, 9.17) is 0 Å². The Balaban J connectivity index is 1.15. The molecule has 4 aliphatic carbocycles. The SMILES string of the molecule is O=C(CC12CC3CC(CC(C3)C1)C2)Nc1ncnc2c1CCN(C(=O)c1ccccc1)C2. The summed E-state index contributed by atoms with van der Waals surface area (Å²) in [5.41, 5.74) is 2.71. The van der Waals surface area contributed by atoms with E-state index in [1.54, 1.807) is 0 Å². The van der Waals surface area contributed by atoms with E-state index in [2.05, 4.69) is 15.3 Å². The first-order valence-corrected chi connectivity index (χ1v) is 12.0. The number of rotatable bonds is 4. The predicted molar refractivity (Wildman–Crippen MR) is 121 cm³/mol. The molecule has 4 fully saturated rings. The third kappa shape index (κ3) is 3.59. The molecule has 2 amide bonds. The maximum absolute atomic E-state index is 13.1. The standard InChI is InChI=1S/C26H30N4O2/c31-23(14-26-11-17-8-18(12-26)10-19(9-17)13-26)29-24-21-6-7-30(15-22(21)27-16-28-24)25(32)20-4-2-1-3-5-20/h1-5,16-19H,6-15H2,(H,27,28,29,31). The van der Waals surface area contributed by atoms with Crippen molar-refractivity contribution in [1.29, 1.82) is 0 Å². The largest absolute Gasteiger partial charge is 0.332 e. The molecule has 0 unspecified atom stereocenters. The van der Waals surface area contributed by atoms with Crippen LogP contribution in [-0.2, 0) is 17.8 Å². The second kappa shape index (κ2) is 7.68. The van der Waals surface area contributed by atoms with Gasteiger partial charge in [0.1, 0.15) is 12.1 Å². The highest BCUT2D eigenvalue weighted by molar-refractivity contribution is 5.94. The third-order valence-electron chi connectivity index (χ3n) is 8.27. The second-order valence-electron chi connectivity index (χ2n) is 10.6. The highest BCUT2D eigenvalue weighted by Gasteiger charge is 2.51. The van der Waals surface area contributed by atoms with E-state index in [9.17, 15) is 9.59 Å². The molecule has 32 heavy (non-hydrogen) atoms. The second-order valence-corrected chi connectivity index (χ2v) is 10.6. The van der Waals surface area contributed by atoms with Gasteiger partial charge in [0.2, 0.25) is 5.91 Å². The van der Waals surface area contributed by atoms with Gasteiger partial charge in [-0.3, -0.25) is 9.59 Å². The minimum Gasteiger partial charge on any atom is -0.332 e. The number of hydrogen-bond acceptors (Lipinski definition) is 4. The Bertz CT molecular complexity index is 1020. The molecule has 4 saturated carbocycles. The Hall–Kier alpha value is -2.76. The number of aromatic nitrogens is 2. The average Bonchev–Trinajstić information content (AvgIpc) is 2.77. The van der Waals surface area contributed by atoms with Crippen LogP contribution in [0.1, 0.15) is 66.6 Å². The van der Waals surface area contributed by atoms with Gasteiger partial charge in [-0.2, -0.15) is 0 Å². The third-order valence-corrected chi connectivity index (χ3v) is 8.27. The molecule has 0 spiro atoms. The van der Waals surface area contributed by atoms with Crippen molar-refractivity contribution < 1.29 is 9.59 Å². The van der Waals surface area contributed by atoms with Gasteiger partial charge >= 0.3 is 0 Å². The lowest BCUT2D eigenvalue weighted by molar-refractivity contribution is -0.124. The van der Waals surface area contributed by atoms with Crippen molar-refractivity contribution in [3.8, 4) is 0 Å². The zero-order valence-electron chi connectivity index (χ0n) is 18.4. The summed E-state index contributed by atoms with van der Waals surface area (Å²) in [6, 6.07) is 9.35. The first-order valence-electron chi connectivity index (χ1n) is 12.0. The average molecular weight is 431 g/mol. The Morgan fingerprint density at radius 2 is 1.69 bits per heavy atom. The Morgan fingerprint density at radius 1 is 1.00 bits per heavy atom. The predicted octanol–water partition coefficient (Wildman–Crippen LogP) is 4.22. The number of amides is 2. The van der Waals surface area contributed by atoms with Crippen molar-refractivity contribution in [2.24, 2.45) is 23.2 Å². The van der Waals surface area contributed by atoms with Crippen molar-refractivity contribution in [3.05, 3.63) is 53.5 Å². The van der Waals surface area contributed by atoms with Crippen LogP contribution in [0.2, 0.25) is 0 Å². The number of benzene rings is 1. The van der Waals surface area contributed by atoms with E-state index < -0.39 is 0 Å². The van der Waals surface area contributed by atoms with Gasteiger partial charge in [-0.15, -0.1) is 0 Å². The lowest BCUT2D eigenvalue weighted by atomic mass is 9.49. The van der Waals surface area contributed by atoms with Gasteiger partial charge in [0, 0.05) is 24.1 Å². The fourth-order valence-corrected chi connectivity index (χ4v) is 7.42. The molecule has 166 valence electrons. The molecule has 0 radical (unpaired) electrons. The van der Waals surface area contributed by atoms with Gasteiger partial charge in [-0.05, 0) is 80.2 Å². The molecule has 0 atom stereocenters. The molecule has 2 aromatic rings. The first kappa shape index (κ1) is 19.9. The van der Waals surface area contributed by atoms with Gasteiger partial charge < -0.3 is 10.2 Å². The Kier molecular flexibility index (Phi) is 4.77. The van der Waals surface area contributed by atoms with Crippen LogP contribution in [0.3, 0.4) is 0 Å². The number of anilines is 1. The van der Waals surface area contributed by atoms with Crippen molar-refractivity contribution in [1.82, 2.24) is 14.9 Å². The summed E-state index contributed by atoms with van der Waals surface area (Å²) in [6.07, 6.45) is 10.6. The van der Waals surface area contributed by atoms with Crippen LogP contribution < -0.4 is 5.32 Å². The lowest BCUT2D eigenvalue weighted by Gasteiger charge is -2.56. The normalized spacial score (nSPS) is 30.1. The maximum Gasteiger partial charge on any atom is 0.254 e. The molecule has 6 nitrogen and oxygen atoms in total. The van der Waals surface area contributed by atoms with Gasteiger partial charge in [0.25, 0.3) is 5.91 Å². The van der Waals surface area contributed by atoms with Crippen LogP contribution in [-0.4, -0.2) is 33.2 Å². The van der Waals surface area contributed by atoms with Gasteiger partial charge in [0.15, 0.2) is 0 Å². The topological polar surface area (TPSA) is 75.2 Å². The van der Waals surface area contributed by atoms with Crippen molar-refractivity contribution in [3.63, 3.8) is 0 Å². The van der Waals surface area contributed by atoms with Gasteiger partial charge in [-0.25, -0.2) is 9.97 Å². The summed E-state index contributed by atoms with van der Waals surface area (Å²) in [4.78, 5) is 36.6. The Labute approximate surface area is 188 Å². The summed E-state index contributed by atoms with van der Waals surface area (Å²) in [5, 5.41) is 3.13. The minimum atomic E-state index is 0.0160. The van der Waals surface area contributed by atoms with E-state index in [1.165, 1.54) is 44.9 Å². The molecule has 6 heteroatoms. The van der Waals surface area contributed by atoms with Crippen LogP contribution in [0, 0.1) is 23.2 Å². The lowest BCUT2D eigenvalue weighted by Crippen LogP contribution is -2.47. The van der Waals surface area contributed by atoms with Crippen LogP contribution in [0.15, 0.2) is 36.7 Å². The van der Waals surface area contributed by atoms with Crippen molar-refractivity contribution >= 4 is 17.6 Å². The molecular formula is C26H30N4O2. The summed E-state index contributed by atoms with van der Waals surface area (Å²) >= 11 is 0. The van der Waals surface area contributed by atoms with E-state index in [1.807, 2.05) is 35.2 Å². The van der Waals surface area contributed by atoms with Crippen LogP contribution in [0.4, 0.5) is 5.82 Å². The van der Waals surface area contributed by atoms with Crippen LogP contribution >= 0.6 is 0 Å². The van der Waals surface area contributed by atoms with E-state index in [0.29, 0.717) is 37.3 Å². The van der Waals surface area contributed by atoms with E-state index >= 15 is 0 Å². The fraction of sp³-hybridized carbons (Fsp3) is 0.538. The highest BCUT2D eigenvalue weighted by atomic mass is 16.2. The maximum atomic E-state index is 13.1. The minimum absolute atomic E-state index is 0.0160. The summed E-state index contributed by atoms with van der Waals surface area (Å²) in [7, 11) is 0. The molecule has 7 rings (SSSR count). The fourth-order valence-electron chi connectivity index (χ4n) is 7.42. The highest BCUT2D eigenvalue weighted by Crippen LogP contribution is 2.61. The first-order chi connectivity index (χ1) is 15.6. The number of nitrogens with zero attached hydrogens (tertiary/aromatic N) is 3. The number of carbonyl (C=O) groups is 2. The molecular weight excluding hydrogens is 400 g/mol. The zero-order chi connectivity index (χ0) is 21.7. The summed E-state index contributed by atoms with van der Waals surface area (Å²) in [6.45, 7) is 1.05. The summed E-state index contributed by atoms with van der Waals surface area (Å²) < 4.78 is 0. The zero-order valence-corrected chi connectivity index (χ0v) is 18.4. The van der Waals surface area contributed by atoms with E-state index in [-0.39, 0.29) is 17.2 Å². The molecule has 1 aromatic heterocycles. The number of nitrogens with one attached hydrogen (secondary N) is 1. The molecule has 1 aliphatic heterocycles. The molecule has 5 aliphatic rings. The quantitative estimate of drug-likeness (QED) is 0.788. The monoisotopic (exact) mass is 430 g/mol. The summed E-state index contributed by atoms with van der Waals surface area (Å²) in [5.74, 6) is 3.27. The van der Waals surface area contributed by atoms with Crippen LogP contribution in [0.25, 0.3) is 0 Å². The Morgan fingerprint density at radius 3 is 2.38 bits per heavy atom. The van der Waals surface area contributed by atoms with Crippen LogP contribution in [0.5, 0.6) is 0 Å². The number of hydrogen-bond donors (Lipinski definition) is 1. The smallest absolute Gasteiger partial charge is 0.254 e. The van der Waals surface area contributed by atoms with E-state index in [0.717, 1.165) is 29.0 Å². The van der Waals surface area contributed by atoms with Crippen molar-refractivity contribution in [2.45, 2.75) is 57.9 Å². The van der Waals surface area contributed by atoms with Gasteiger partial charge in [-0.1, -0.05) is 18.2 Å². The van der Waals surface area contributed by atoms with Crippen molar-refractivity contribution in [2.75, 3.05) is 11.9 Å². The molecule has 1 aromatic carbocycles. The molecule has 2 heterocycles. The molecule has 0 saturated heterocycles. The molecule has 4 bridgehead atoms.